The first-order valence-electron chi connectivity index (χ1n) is 8.02. The van der Waals surface area contributed by atoms with Crippen LogP contribution < -0.4 is 14.9 Å². The molecule has 0 fully saturated rings. The van der Waals surface area contributed by atoms with Gasteiger partial charge in [-0.3, -0.25) is 4.79 Å². The fraction of sp³-hybridized carbons (Fsp3) is 0.200. The zero-order valence-corrected chi connectivity index (χ0v) is 14.6. The average molecular weight is 354 g/mol. The highest BCUT2D eigenvalue weighted by Gasteiger charge is 2.16. The van der Waals surface area contributed by atoms with Crippen molar-refractivity contribution in [2.24, 2.45) is 0 Å². The molecule has 0 N–H and O–H groups in total. The van der Waals surface area contributed by atoms with Crippen LogP contribution in [0.4, 0.5) is 0 Å². The average Bonchev–Trinajstić information content (AvgIpc) is 2.63. The van der Waals surface area contributed by atoms with E-state index in [1.54, 1.807) is 31.2 Å². The summed E-state index contributed by atoms with van der Waals surface area (Å²) in [7, 11) is 1.29. The molecule has 0 saturated heterocycles. The van der Waals surface area contributed by atoms with Gasteiger partial charge in [0.25, 0.3) is 0 Å². The van der Waals surface area contributed by atoms with Gasteiger partial charge in [0.2, 0.25) is 11.2 Å². The van der Waals surface area contributed by atoms with Gasteiger partial charge in [0, 0.05) is 6.07 Å². The predicted molar refractivity (Wildman–Crippen MR) is 95.8 cm³/mol. The predicted octanol–water partition coefficient (Wildman–Crippen LogP) is 3.83. The summed E-state index contributed by atoms with van der Waals surface area (Å²) < 4.78 is 21.3. The molecule has 1 aromatic heterocycles. The van der Waals surface area contributed by atoms with Gasteiger partial charge in [-0.2, -0.15) is 0 Å². The van der Waals surface area contributed by atoms with Gasteiger partial charge in [-0.1, -0.05) is 12.1 Å². The molecule has 0 saturated carbocycles. The van der Waals surface area contributed by atoms with Crippen LogP contribution in [0.3, 0.4) is 0 Å². The Morgan fingerprint density at radius 3 is 2.65 bits per heavy atom. The summed E-state index contributed by atoms with van der Waals surface area (Å²) in [6.45, 7) is 3.51. The first-order valence-corrected chi connectivity index (χ1v) is 8.02. The number of rotatable bonds is 5. The largest absolute Gasteiger partial charge is 0.479 e. The molecule has 0 aliphatic carbocycles. The highest BCUT2D eigenvalue weighted by molar-refractivity contribution is 5.79. The van der Waals surface area contributed by atoms with Gasteiger partial charge in [0.1, 0.15) is 23.3 Å². The second-order valence-corrected chi connectivity index (χ2v) is 5.79. The summed E-state index contributed by atoms with van der Waals surface area (Å²) in [4.78, 5) is 24.0. The maximum absolute atomic E-state index is 12.6. The number of carbonyl (C=O) groups is 1. The normalized spacial score (nSPS) is 11.8. The number of methoxy groups -OCH3 is 1. The monoisotopic (exact) mass is 354 g/mol. The molecule has 134 valence electrons. The quantitative estimate of drug-likeness (QED) is 0.648. The Bertz CT molecular complexity index is 1000. The van der Waals surface area contributed by atoms with Crippen LogP contribution in [0.25, 0.3) is 11.0 Å². The Morgan fingerprint density at radius 1 is 1.12 bits per heavy atom. The zero-order valence-electron chi connectivity index (χ0n) is 14.6. The van der Waals surface area contributed by atoms with Crippen molar-refractivity contribution in [3.63, 3.8) is 0 Å². The molecule has 0 aliphatic rings. The molecule has 0 bridgehead atoms. The molecule has 2 aromatic carbocycles. The van der Waals surface area contributed by atoms with Crippen LogP contribution in [-0.4, -0.2) is 19.2 Å². The SMILES string of the molecule is COC(=O)[C@H](C)Oc1ccc2c(=O)c(Oc3cccc(C)c3)coc2c1. The summed E-state index contributed by atoms with van der Waals surface area (Å²) >= 11 is 0. The number of carbonyl (C=O) groups excluding carboxylic acids is 1. The summed E-state index contributed by atoms with van der Waals surface area (Å²) in [6, 6.07) is 12.1. The van der Waals surface area contributed by atoms with E-state index in [2.05, 4.69) is 4.74 Å². The van der Waals surface area contributed by atoms with Crippen molar-refractivity contribution in [3.05, 3.63) is 64.5 Å². The standard InChI is InChI=1S/C20H18O6/c1-12-5-4-6-14(9-12)26-18-11-24-17-10-15(7-8-16(17)19(18)21)25-13(2)20(22)23-3/h4-11,13H,1-3H3/t13-/m0/s1. The van der Waals surface area contributed by atoms with Gasteiger partial charge >= 0.3 is 5.97 Å². The van der Waals surface area contributed by atoms with E-state index in [1.807, 2.05) is 25.1 Å². The molecule has 0 unspecified atom stereocenters. The van der Waals surface area contributed by atoms with E-state index in [0.717, 1.165) is 5.56 Å². The van der Waals surface area contributed by atoms with Gasteiger partial charge < -0.3 is 18.6 Å². The molecule has 6 heteroatoms. The smallest absolute Gasteiger partial charge is 0.346 e. The van der Waals surface area contributed by atoms with Gasteiger partial charge in [-0.25, -0.2) is 4.79 Å². The molecule has 1 heterocycles. The second-order valence-electron chi connectivity index (χ2n) is 5.79. The summed E-state index contributed by atoms with van der Waals surface area (Å²) in [5, 5.41) is 0.355. The lowest BCUT2D eigenvalue weighted by molar-refractivity contribution is -0.147. The lowest BCUT2D eigenvalue weighted by Crippen LogP contribution is -2.24. The molecule has 0 radical (unpaired) electrons. The number of esters is 1. The Morgan fingerprint density at radius 2 is 1.92 bits per heavy atom. The van der Waals surface area contributed by atoms with E-state index in [0.29, 0.717) is 22.5 Å². The van der Waals surface area contributed by atoms with E-state index in [1.165, 1.54) is 13.4 Å². The molecule has 3 rings (SSSR count). The number of benzene rings is 2. The first-order chi connectivity index (χ1) is 12.5. The minimum Gasteiger partial charge on any atom is -0.479 e. The van der Waals surface area contributed by atoms with Crippen molar-refractivity contribution in [1.29, 1.82) is 0 Å². The van der Waals surface area contributed by atoms with Crippen LogP contribution in [-0.2, 0) is 9.53 Å². The van der Waals surface area contributed by atoms with Crippen LogP contribution in [0.5, 0.6) is 17.2 Å². The number of aryl methyl sites for hydroxylation is 1. The van der Waals surface area contributed by atoms with Crippen molar-refractivity contribution in [1.82, 2.24) is 0 Å². The van der Waals surface area contributed by atoms with Crippen molar-refractivity contribution in [2.45, 2.75) is 20.0 Å². The fourth-order valence-electron chi connectivity index (χ4n) is 2.46. The third-order valence-electron chi connectivity index (χ3n) is 3.78. The third-order valence-corrected chi connectivity index (χ3v) is 3.78. The maximum atomic E-state index is 12.6. The summed E-state index contributed by atoms with van der Waals surface area (Å²) in [5.74, 6) is 0.558. The van der Waals surface area contributed by atoms with Crippen LogP contribution in [0.1, 0.15) is 12.5 Å². The molecule has 26 heavy (non-hydrogen) atoms. The van der Waals surface area contributed by atoms with Gasteiger partial charge in [0.15, 0.2) is 6.10 Å². The molecular formula is C20H18O6. The molecule has 6 nitrogen and oxygen atoms in total. The Labute approximate surface area is 149 Å². The van der Waals surface area contributed by atoms with Crippen molar-refractivity contribution in [3.8, 4) is 17.2 Å². The highest BCUT2D eigenvalue weighted by Crippen LogP contribution is 2.25. The number of hydrogen-bond donors (Lipinski definition) is 0. The van der Waals surface area contributed by atoms with E-state index in [-0.39, 0.29) is 11.2 Å². The Kier molecular flexibility index (Phi) is 4.93. The highest BCUT2D eigenvalue weighted by atomic mass is 16.6. The number of fused-ring (bicyclic) bond motifs is 1. The minimum absolute atomic E-state index is 0.0969. The Hall–Kier alpha value is -3.28. The van der Waals surface area contributed by atoms with E-state index in [9.17, 15) is 9.59 Å². The second kappa shape index (κ2) is 7.31. The molecular weight excluding hydrogens is 336 g/mol. The topological polar surface area (TPSA) is 75.0 Å². The molecule has 0 amide bonds. The molecule has 0 spiro atoms. The van der Waals surface area contributed by atoms with Gasteiger partial charge in [0.05, 0.1) is 12.5 Å². The van der Waals surface area contributed by atoms with E-state index < -0.39 is 12.1 Å². The van der Waals surface area contributed by atoms with E-state index >= 15 is 0 Å². The molecule has 3 aromatic rings. The van der Waals surface area contributed by atoms with E-state index in [4.69, 9.17) is 13.9 Å². The van der Waals surface area contributed by atoms with Crippen LogP contribution in [0.2, 0.25) is 0 Å². The number of hydrogen-bond acceptors (Lipinski definition) is 6. The van der Waals surface area contributed by atoms with Crippen LogP contribution >= 0.6 is 0 Å². The van der Waals surface area contributed by atoms with Crippen molar-refractivity contribution >= 4 is 16.9 Å². The summed E-state index contributed by atoms with van der Waals surface area (Å²) in [5.41, 5.74) is 1.07. The van der Waals surface area contributed by atoms with Crippen molar-refractivity contribution in [2.75, 3.05) is 7.11 Å². The van der Waals surface area contributed by atoms with Crippen molar-refractivity contribution < 1.29 is 23.4 Å². The fourth-order valence-corrected chi connectivity index (χ4v) is 2.46. The minimum atomic E-state index is -0.770. The first kappa shape index (κ1) is 17.5. The lowest BCUT2D eigenvalue weighted by Gasteiger charge is -2.12. The third kappa shape index (κ3) is 3.69. The molecule has 1 atom stereocenters. The summed E-state index contributed by atoms with van der Waals surface area (Å²) in [6.07, 6.45) is 0.494. The van der Waals surface area contributed by atoms with Crippen LogP contribution in [0, 0.1) is 6.92 Å². The molecule has 0 aliphatic heterocycles. The van der Waals surface area contributed by atoms with Gasteiger partial charge in [-0.15, -0.1) is 0 Å². The lowest BCUT2D eigenvalue weighted by atomic mass is 10.2. The Balaban J connectivity index is 1.89. The van der Waals surface area contributed by atoms with Crippen LogP contribution in [0.15, 0.2) is 57.9 Å². The maximum Gasteiger partial charge on any atom is 0.346 e. The number of ether oxygens (including phenoxy) is 3. The van der Waals surface area contributed by atoms with Gasteiger partial charge in [-0.05, 0) is 43.7 Å². The zero-order chi connectivity index (χ0) is 18.7.